The molecule has 2 N–H and O–H groups in total. The first-order valence-corrected chi connectivity index (χ1v) is 12.3. The summed E-state index contributed by atoms with van der Waals surface area (Å²) < 4.78 is 34.2. The largest absolute Gasteiger partial charge is 0.480 e. The number of aromatic nitrogens is 2. The molecule has 0 bridgehead atoms. The van der Waals surface area contributed by atoms with Gasteiger partial charge in [0.15, 0.2) is 0 Å². The number of benzene rings is 1. The van der Waals surface area contributed by atoms with Gasteiger partial charge in [0, 0.05) is 6.54 Å². The Labute approximate surface area is 199 Å². The molecule has 1 aromatic heterocycles. The number of esters is 1. The van der Waals surface area contributed by atoms with E-state index in [4.69, 9.17) is 0 Å². The lowest BCUT2D eigenvalue weighted by Gasteiger charge is -2.28. The Morgan fingerprint density at radius 2 is 1.94 bits per heavy atom. The van der Waals surface area contributed by atoms with E-state index in [1.165, 1.54) is 12.1 Å². The van der Waals surface area contributed by atoms with Gasteiger partial charge in [0.1, 0.15) is 18.4 Å². The Balaban J connectivity index is 1.91. The molecule has 11 heteroatoms. The highest BCUT2D eigenvalue weighted by molar-refractivity contribution is 7.89. The van der Waals surface area contributed by atoms with Crippen LogP contribution in [0.5, 0.6) is 0 Å². The summed E-state index contributed by atoms with van der Waals surface area (Å²) in [5, 5.41) is 12.8. The number of aryl methyl sites for hydroxylation is 1. The molecule has 1 aliphatic rings. The van der Waals surface area contributed by atoms with Gasteiger partial charge in [-0.05, 0) is 49.2 Å². The third kappa shape index (κ3) is 5.48. The second kappa shape index (κ2) is 10.4. The number of hydrogen-bond donors (Lipinski definition) is 2. The van der Waals surface area contributed by atoms with Gasteiger partial charge in [0.2, 0.25) is 10.0 Å². The van der Waals surface area contributed by atoms with Crippen LogP contribution in [0.4, 0.5) is 0 Å². The van der Waals surface area contributed by atoms with Gasteiger partial charge in [0.25, 0.3) is 0 Å². The standard InChI is InChI=1S/C23H30N4O6S/c1-15(2)11-21(23(29)30)27(14-22(28)33-4)34(31,32)18-7-5-17(6-8-18)13-26-16(3)25-19-12-24-10-9-20(19)26/h5-10,15,21,24H,11-14H2,1-4H3,(H,29,30)/t21-/m0/s1. The van der Waals surface area contributed by atoms with Crippen molar-refractivity contribution < 1.29 is 27.9 Å². The molecule has 0 saturated heterocycles. The molecule has 0 unspecified atom stereocenters. The zero-order valence-electron chi connectivity index (χ0n) is 19.7. The number of carbonyl (C=O) groups excluding carboxylic acids is 1. The van der Waals surface area contributed by atoms with E-state index in [0.717, 1.165) is 29.9 Å². The number of carboxylic acid groups (broad SMARTS) is 1. The number of sulfonamides is 1. The number of fused-ring (bicyclic) bond motifs is 1. The Hall–Kier alpha value is -3.18. The predicted octanol–water partition coefficient (Wildman–Crippen LogP) is 1.98. The first kappa shape index (κ1) is 25.4. The van der Waals surface area contributed by atoms with Crippen LogP contribution in [0.1, 0.15) is 43.0 Å². The van der Waals surface area contributed by atoms with E-state index in [-0.39, 0.29) is 17.2 Å². The van der Waals surface area contributed by atoms with Gasteiger partial charge in [-0.2, -0.15) is 4.31 Å². The molecule has 0 aliphatic carbocycles. The van der Waals surface area contributed by atoms with Crippen molar-refractivity contribution in [2.24, 2.45) is 5.92 Å². The molecule has 34 heavy (non-hydrogen) atoms. The smallest absolute Gasteiger partial charge is 0.322 e. The van der Waals surface area contributed by atoms with E-state index in [9.17, 15) is 23.1 Å². The zero-order valence-corrected chi connectivity index (χ0v) is 20.5. The minimum Gasteiger partial charge on any atom is -0.480 e. The third-order valence-corrected chi connectivity index (χ3v) is 7.48. The molecule has 2 heterocycles. The van der Waals surface area contributed by atoms with Crippen LogP contribution in [0.15, 0.2) is 35.4 Å². The summed E-state index contributed by atoms with van der Waals surface area (Å²) in [5.74, 6) is -1.41. The Bertz CT molecular complexity index is 1180. The summed E-state index contributed by atoms with van der Waals surface area (Å²) in [6.07, 6.45) is 3.86. The van der Waals surface area contributed by atoms with Crippen LogP contribution in [-0.2, 0) is 37.4 Å². The molecular formula is C23H30N4O6S. The topological polar surface area (TPSA) is 131 Å². The fourth-order valence-electron chi connectivity index (χ4n) is 3.88. The van der Waals surface area contributed by atoms with E-state index in [1.54, 1.807) is 26.0 Å². The number of ether oxygens (including phenoxy) is 1. The summed E-state index contributed by atoms with van der Waals surface area (Å²) in [5.41, 5.74) is 2.79. The summed E-state index contributed by atoms with van der Waals surface area (Å²) in [6.45, 7) is 5.94. The Morgan fingerprint density at radius 1 is 1.26 bits per heavy atom. The monoisotopic (exact) mass is 490 g/mol. The lowest BCUT2D eigenvalue weighted by atomic mass is 10.0. The fraction of sp³-hybridized carbons (Fsp3) is 0.435. The van der Waals surface area contributed by atoms with Gasteiger partial charge in [-0.15, -0.1) is 0 Å². The molecular weight excluding hydrogens is 460 g/mol. The van der Waals surface area contributed by atoms with E-state index < -0.39 is 34.5 Å². The highest BCUT2D eigenvalue weighted by Gasteiger charge is 2.38. The molecule has 0 fully saturated rings. The molecule has 1 aromatic carbocycles. The molecule has 0 saturated carbocycles. The molecule has 0 radical (unpaired) electrons. The molecule has 0 amide bonds. The van der Waals surface area contributed by atoms with Crippen molar-refractivity contribution in [2.45, 2.75) is 51.2 Å². The lowest BCUT2D eigenvalue weighted by molar-refractivity contribution is -0.145. The summed E-state index contributed by atoms with van der Waals surface area (Å²) in [4.78, 5) is 28.4. The average molecular weight is 491 g/mol. The number of aliphatic carboxylic acids is 1. The number of rotatable bonds is 10. The highest BCUT2D eigenvalue weighted by Crippen LogP contribution is 2.24. The molecule has 1 atom stereocenters. The summed E-state index contributed by atoms with van der Waals surface area (Å²) >= 11 is 0. The normalized spacial score (nSPS) is 14.1. The van der Waals surface area contributed by atoms with Gasteiger partial charge >= 0.3 is 11.9 Å². The first-order valence-electron chi connectivity index (χ1n) is 10.9. The third-order valence-electron chi connectivity index (χ3n) is 5.61. The molecule has 0 spiro atoms. The molecule has 184 valence electrons. The van der Waals surface area contributed by atoms with Crippen LogP contribution in [0.25, 0.3) is 6.08 Å². The molecule has 1 aliphatic heterocycles. The van der Waals surface area contributed by atoms with Crippen molar-refractivity contribution in [3.05, 3.63) is 53.2 Å². The number of nitrogens with zero attached hydrogens (tertiary/aromatic N) is 3. The van der Waals surface area contributed by atoms with E-state index in [1.807, 2.05) is 23.8 Å². The van der Waals surface area contributed by atoms with Crippen LogP contribution in [0.2, 0.25) is 0 Å². The highest BCUT2D eigenvalue weighted by atomic mass is 32.2. The van der Waals surface area contributed by atoms with Crippen molar-refractivity contribution in [3.8, 4) is 0 Å². The van der Waals surface area contributed by atoms with Gasteiger partial charge in [-0.25, -0.2) is 13.4 Å². The van der Waals surface area contributed by atoms with Crippen LogP contribution < -0.4 is 5.32 Å². The van der Waals surface area contributed by atoms with Gasteiger partial charge in [0.05, 0.1) is 29.9 Å². The average Bonchev–Trinajstić information content (AvgIpc) is 3.10. The van der Waals surface area contributed by atoms with Gasteiger partial charge in [-0.3, -0.25) is 9.59 Å². The first-order chi connectivity index (χ1) is 16.0. The van der Waals surface area contributed by atoms with Crippen molar-refractivity contribution >= 4 is 28.0 Å². The van der Waals surface area contributed by atoms with Crippen LogP contribution in [-0.4, -0.2) is 59.0 Å². The van der Waals surface area contributed by atoms with Gasteiger partial charge in [-0.1, -0.05) is 26.0 Å². The van der Waals surface area contributed by atoms with E-state index >= 15 is 0 Å². The van der Waals surface area contributed by atoms with Crippen molar-refractivity contribution in [1.82, 2.24) is 19.2 Å². The van der Waals surface area contributed by atoms with Gasteiger partial charge < -0.3 is 19.7 Å². The quantitative estimate of drug-likeness (QED) is 0.484. The number of methoxy groups -OCH3 is 1. The molecule has 2 aromatic rings. The number of carbonyl (C=O) groups is 2. The van der Waals surface area contributed by atoms with Crippen molar-refractivity contribution in [2.75, 3.05) is 13.7 Å². The van der Waals surface area contributed by atoms with E-state index in [0.29, 0.717) is 17.4 Å². The molecule has 10 nitrogen and oxygen atoms in total. The number of imidazole rings is 1. The second-order valence-corrected chi connectivity index (χ2v) is 10.4. The number of hydrogen-bond acceptors (Lipinski definition) is 7. The van der Waals surface area contributed by atoms with Crippen molar-refractivity contribution in [1.29, 1.82) is 0 Å². The lowest BCUT2D eigenvalue weighted by Crippen LogP contribution is -2.48. The van der Waals surface area contributed by atoms with Crippen LogP contribution >= 0.6 is 0 Å². The zero-order chi connectivity index (χ0) is 25.0. The SMILES string of the molecule is COC(=O)CN([C@@H](CC(C)C)C(=O)O)S(=O)(=O)c1ccc(Cn2c(C)nc3c2C=CNC3)cc1. The molecule has 3 rings (SSSR count). The van der Waals surface area contributed by atoms with Crippen LogP contribution in [0.3, 0.4) is 0 Å². The maximum Gasteiger partial charge on any atom is 0.322 e. The fourth-order valence-corrected chi connectivity index (χ4v) is 5.42. The number of nitrogens with one attached hydrogen (secondary N) is 1. The van der Waals surface area contributed by atoms with Crippen molar-refractivity contribution in [3.63, 3.8) is 0 Å². The van der Waals surface area contributed by atoms with Crippen LogP contribution in [0, 0.1) is 12.8 Å². The Morgan fingerprint density at radius 3 is 2.53 bits per heavy atom. The predicted molar refractivity (Wildman–Crippen MR) is 125 cm³/mol. The minimum atomic E-state index is -4.28. The number of carboxylic acids is 1. The maximum atomic E-state index is 13.4. The Kier molecular flexibility index (Phi) is 7.78. The summed E-state index contributed by atoms with van der Waals surface area (Å²) in [7, 11) is -3.16. The minimum absolute atomic E-state index is 0.0526. The van der Waals surface area contributed by atoms with E-state index in [2.05, 4.69) is 15.0 Å². The summed E-state index contributed by atoms with van der Waals surface area (Å²) in [6, 6.07) is 4.82. The second-order valence-electron chi connectivity index (χ2n) is 8.55. The maximum absolute atomic E-state index is 13.4.